The van der Waals surface area contributed by atoms with Crippen LogP contribution in [0.15, 0.2) is 48.0 Å². The minimum absolute atomic E-state index is 0.0648. The van der Waals surface area contributed by atoms with Crippen molar-refractivity contribution in [2.45, 2.75) is 26.7 Å². The molecule has 0 radical (unpaired) electrons. The van der Waals surface area contributed by atoms with Crippen LogP contribution in [0.3, 0.4) is 0 Å². The van der Waals surface area contributed by atoms with Gasteiger partial charge in [0.1, 0.15) is 41.4 Å². The molecule has 1 aromatic heterocycles. The zero-order chi connectivity index (χ0) is 25.8. The maximum absolute atomic E-state index is 12.6. The van der Waals surface area contributed by atoms with Gasteiger partial charge in [-0.1, -0.05) is 30.4 Å². The van der Waals surface area contributed by atoms with Crippen LogP contribution in [0.1, 0.15) is 30.8 Å². The Bertz CT molecular complexity index is 1240. The highest BCUT2D eigenvalue weighted by atomic mass is 32.1. The number of nitrogens with one attached hydrogen (secondary N) is 1. The fourth-order valence-electron chi connectivity index (χ4n) is 3.10. The first-order valence-corrected chi connectivity index (χ1v) is 12.3. The fraction of sp³-hybridized carbons (Fsp3) is 0.308. The Balaban J connectivity index is 1.64. The van der Waals surface area contributed by atoms with Gasteiger partial charge in [-0.15, -0.1) is 10.2 Å². The number of aryl methyl sites for hydroxylation is 1. The second kappa shape index (κ2) is 13.7. The molecule has 0 aliphatic carbocycles. The summed E-state index contributed by atoms with van der Waals surface area (Å²) >= 11 is 1.30. The number of rotatable bonds is 13. The number of methoxy groups -OCH3 is 1. The number of amides is 1. The summed E-state index contributed by atoms with van der Waals surface area (Å²) < 4.78 is 22.4. The summed E-state index contributed by atoms with van der Waals surface area (Å²) in [5, 5.41) is 21.4. The van der Waals surface area contributed by atoms with Gasteiger partial charge in [-0.3, -0.25) is 10.1 Å². The number of carbonyl (C=O) groups is 1. The van der Waals surface area contributed by atoms with E-state index in [-0.39, 0.29) is 5.57 Å². The second-order valence-electron chi connectivity index (χ2n) is 7.39. The fourth-order valence-corrected chi connectivity index (χ4v) is 3.94. The molecule has 0 atom stereocenters. The topological polar surface area (TPSA) is 116 Å². The molecule has 1 N–H and O–H groups in total. The molecule has 3 rings (SSSR count). The molecule has 0 fully saturated rings. The van der Waals surface area contributed by atoms with E-state index in [0.717, 1.165) is 17.8 Å². The maximum Gasteiger partial charge on any atom is 0.268 e. The molecule has 188 valence electrons. The average Bonchev–Trinajstić information content (AvgIpc) is 3.33. The third-order valence-electron chi connectivity index (χ3n) is 4.75. The van der Waals surface area contributed by atoms with Crippen molar-refractivity contribution in [3.8, 4) is 29.1 Å². The van der Waals surface area contributed by atoms with Crippen LogP contribution >= 0.6 is 11.3 Å². The molecule has 36 heavy (non-hydrogen) atoms. The Morgan fingerprint density at radius 1 is 1.06 bits per heavy atom. The first-order chi connectivity index (χ1) is 17.6. The predicted octanol–water partition coefficient (Wildman–Crippen LogP) is 4.90. The lowest BCUT2D eigenvalue weighted by Gasteiger charge is -2.13. The van der Waals surface area contributed by atoms with E-state index in [2.05, 4.69) is 15.5 Å². The van der Waals surface area contributed by atoms with Crippen LogP contribution in [0.4, 0.5) is 5.13 Å². The lowest BCUT2D eigenvalue weighted by atomic mass is 10.1. The highest BCUT2D eigenvalue weighted by Gasteiger charge is 2.14. The van der Waals surface area contributed by atoms with E-state index in [4.69, 9.17) is 18.9 Å². The van der Waals surface area contributed by atoms with E-state index >= 15 is 0 Å². The molecule has 10 heteroatoms. The number of nitrogens with zero attached hydrogens (tertiary/aromatic N) is 3. The van der Waals surface area contributed by atoms with Gasteiger partial charge in [-0.2, -0.15) is 5.26 Å². The predicted molar refractivity (Wildman–Crippen MR) is 138 cm³/mol. The Morgan fingerprint density at radius 3 is 2.61 bits per heavy atom. The van der Waals surface area contributed by atoms with Gasteiger partial charge in [0.25, 0.3) is 5.91 Å². The lowest BCUT2D eigenvalue weighted by molar-refractivity contribution is -0.112. The van der Waals surface area contributed by atoms with E-state index < -0.39 is 5.91 Å². The van der Waals surface area contributed by atoms with E-state index in [9.17, 15) is 10.1 Å². The molecule has 0 bridgehead atoms. The van der Waals surface area contributed by atoms with Crippen molar-refractivity contribution in [1.82, 2.24) is 10.2 Å². The smallest absolute Gasteiger partial charge is 0.268 e. The molecule has 2 aromatic carbocycles. The first-order valence-electron chi connectivity index (χ1n) is 11.5. The standard InChI is InChI=1S/C26H28N4O5S/c1-4-7-24-29-30-26(36-24)28-25(31)19(17-27)14-18-10-11-22(23(15-18)33-5-2)35-13-12-34-21-9-6-8-20(16-21)32-3/h6,8-11,14-16H,4-5,7,12-13H2,1-3H3,(H,28,30,31). The van der Waals surface area contributed by atoms with Gasteiger partial charge in [-0.05, 0) is 49.2 Å². The number of benzene rings is 2. The summed E-state index contributed by atoms with van der Waals surface area (Å²) in [7, 11) is 1.60. The van der Waals surface area contributed by atoms with Gasteiger partial charge in [-0.25, -0.2) is 0 Å². The van der Waals surface area contributed by atoms with Crippen molar-refractivity contribution < 1.29 is 23.7 Å². The zero-order valence-corrected chi connectivity index (χ0v) is 21.3. The van der Waals surface area contributed by atoms with Gasteiger partial charge in [0.2, 0.25) is 5.13 Å². The third kappa shape index (κ3) is 7.71. The van der Waals surface area contributed by atoms with E-state index in [1.54, 1.807) is 31.4 Å². The molecule has 0 unspecified atom stereocenters. The molecule has 0 aliphatic heterocycles. The van der Waals surface area contributed by atoms with Crippen molar-refractivity contribution in [2.24, 2.45) is 0 Å². The van der Waals surface area contributed by atoms with E-state index in [1.165, 1.54) is 17.4 Å². The number of nitriles is 1. The quantitative estimate of drug-likeness (QED) is 0.197. The lowest BCUT2D eigenvalue weighted by Crippen LogP contribution is -2.13. The van der Waals surface area contributed by atoms with Crippen LogP contribution in [0.2, 0.25) is 0 Å². The molecule has 0 saturated carbocycles. The van der Waals surface area contributed by atoms with Crippen LogP contribution in [0.5, 0.6) is 23.0 Å². The molecule has 0 aliphatic rings. The highest BCUT2D eigenvalue weighted by molar-refractivity contribution is 7.15. The molecule has 1 heterocycles. The zero-order valence-electron chi connectivity index (χ0n) is 20.4. The highest BCUT2D eigenvalue weighted by Crippen LogP contribution is 2.30. The summed E-state index contributed by atoms with van der Waals surface area (Å²) in [6.07, 6.45) is 3.21. The number of hydrogen-bond donors (Lipinski definition) is 1. The van der Waals surface area contributed by atoms with Crippen molar-refractivity contribution in [2.75, 3.05) is 32.2 Å². The number of ether oxygens (including phenoxy) is 4. The largest absolute Gasteiger partial charge is 0.497 e. The second-order valence-corrected chi connectivity index (χ2v) is 8.45. The van der Waals surface area contributed by atoms with Crippen LogP contribution in [0.25, 0.3) is 6.08 Å². The Morgan fingerprint density at radius 2 is 1.86 bits per heavy atom. The minimum atomic E-state index is -0.551. The molecule has 3 aromatic rings. The molecule has 0 spiro atoms. The van der Waals surface area contributed by atoms with Crippen molar-refractivity contribution in [3.63, 3.8) is 0 Å². The maximum atomic E-state index is 12.6. The normalized spacial score (nSPS) is 10.9. The van der Waals surface area contributed by atoms with E-state index in [0.29, 0.717) is 53.5 Å². The summed E-state index contributed by atoms with van der Waals surface area (Å²) in [5.74, 6) is 1.87. The van der Waals surface area contributed by atoms with Gasteiger partial charge >= 0.3 is 0 Å². The summed E-state index contributed by atoms with van der Waals surface area (Å²) in [4.78, 5) is 12.6. The molecular formula is C26H28N4O5S. The van der Waals surface area contributed by atoms with Crippen LogP contribution in [-0.4, -0.2) is 43.0 Å². The molecule has 0 saturated heterocycles. The van der Waals surface area contributed by atoms with Crippen molar-refractivity contribution in [3.05, 3.63) is 58.6 Å². The Labute approximate surface area is 214 Å². The van der Waals surface area contributed by atoms with Gasteiger partial charge in [0.05, 0.1) is 13.7 Å². The summed E-state index contributed by atoms with van der Waals surface area (Å²) in [5.41, 5.74) is 0.555. The molecular weight excluding hydrogens is 480 g/mol. The van der Waals surface area contributed by atoms with Crippen LogP contribution in [-0.2, 0) is 11.2 Å². The first kappa shape index (κ1) is 26.5. The molecule has 1 amide bonds. The minimum Gasteiger partial charge on any atom is -0.497 e. The summed E-state index contributed by atoms with van der Waals surface area (Å²) in [6, 6.07) is 14.5. The third-order valence-corrected chi connectivity index (χ3v) is 5.64. The molecule has 9 nitrogen and oxygen atoms in total. The van der Waals surface area contributed by atoms with Crippen molar-refractivity contribution >= 4 is 28.5 Å². The van der Waals surface area contributed by atoms with Gasteiger partial charge in [0.15, 0.2) is 11.5 Å². The monoisotopic (exact) mass is 508 g/mol. The van der Waals surface area contributed by atoms with Crippen molar-refractivity contribution in [1.29, 1.82) is 5.26 Å². The van der Waals surface area contributed by atoms with Gasteiger partial charge < -0.3 is 18.9 Å². The number of hydrogen-bond acceptors (Lipinski definition) is 9. The van der Waals surface area contributed by atoms with E-state index in [1.807, 2.05) is 38.1 Å². The summed E-state index contributed by atoms with van der Waals surface area (Å²) in [6.45, 7) is 4.94. The number of carbonyl (C=O) groups excluding carboxylic acids is 1. The van der Waals surface area contributed by atoms with Crippen LogP contribution < -0.4 is 24.3 Å². The van der Waals surface area contributed by atoms with Crippen LogP contribution in [0, 0.1) is 11.3 Å². The number of anilines is 1. The van der Waals surface area contributed by atoms with Gasteiger partial charge in [0, 0.05) is 12.5 Å². The SMILES string of the molecule is CCCc1nnc(NC(=O)C(C#N)=Cc2ccc(OCCOc3cccc(OC)c3)c(OCC)c2)s1. The Hall–Kier alpha value is -4.10. The average molecular weight is 509 g/mol. The number of aromatic nitrogens is 2. The Kier molecular flexibility index (Phi) is 10.1.